The number of likely N-dealkylation sites (N-methyl/N-ethyl adjacent to an activating group) is 1. The lowest BCUT2D eigenvalue weighted by molar-refractivity contribution is -0.107. The first-order valence-corrected chi connectivity index (χ1v) is 5.31. The molecule has 0 atom stereocenters. The Kier molecular flexibility index (Phi) is 4.78. The zero-order valence-corrected chi connectivity index (χ0v) is 9.87. The Morgan fingerprint density at radius 3 is 2.93 bits per heavy atom. The lowest BCUT2D eigenvalue weighted by Gasteiger charge is -2.11. The van der Waals surface area contributed by atoms with Crippen molar-refractivity contribution in [3.63, 3.8) is 0 Å². The number of carbonyl (C=O) groups is 1. The Bertz CT molecular complexity index is 322. The lowest BCUT2D eigenvalue weighted by Crippen LogP contribution is -2.20. The van der Waals surface area contributed by atoms with Gasteiger partial charge in [-0.3, -0.25) is 4.68 Å². The van der Waals surface area contributed by atoms with E-state index in [4.69, 9.17) is 11.6 Å². The second-order valence-corrected chi connectivity index (χ2v) is 4.08. The van der Waals surface area contributed by atoms with Gasteiger partial charge in [0.25, 0.3) is 0 Å². The number of aromatic nitrogens is 2. The van der Waals surface area contributed by atoms with Crippen molar-refractivity contribution in [2.45, 2.75) is 19.4 Å². The average molecular weight is 230 g/mol. The number of aldehydes is 1. The SMILES string of the molecule is CN(C)CCn1ncc(Cl)c1CCC=O. The summed E-state index contributed by atoms with van der Waals surface area (Å²) in [6, 6.07) is 0. The highest BCUT2D eigenvalue weighted by molar-refractivity contribution is 6.31. The minimum atomic E-state index is 0.493. The molecule has 84 valence electrons. The van der Waals surface area contributed by atoms with Crippen LogP contribution in [-0.2, 0) is 17.8 Å². The van der Waals surface area contributed by atoms with Crippen LogP contribution >= 0.6 is 11.6 Å². The fraction of sp³-hybridized carbons (Fsp3) is 0.600. The first-order valence-electron chi connectivity index (χ1n) is 4.93. The molecule has 0 unspecified atom stereocenters. The average Bonchev–Trinajstić information content (AvgIpc) is 2.53. The Morgan fingerprint density at radius 2 is 2.33 bits per heavy atom. The summed E-state index contributed by atoms with van der Waals surface area (Å²) < 4.78 is 1.87. The molecule has 1 aromatic heterocycles. The third kappa shape index (κ3) is 3.64. The molecule has 0 saturated carbocycles. The molecule has 0 N–H and O–H groups in total. The second kappa shape index (κ2) is 5.88. The molecule has 0 fully saturated rings. The van der Waals surface area contributed by atoms with E-state index < -0.39 is 0 Å². The van der Waals surface area contributed by atoms with Crippen LogP contribution in [0.4, 0.5) is 0 Å². The molecule has 0 aliphatic carbocycles. The molecule has 0 saturated heterocycles. The highest BCUT2D eigenvalue weighted by atomic mass is 35.5. The van der Waals surface area contributed by atoms with Crippen LogP contribution in [0, 0.1) is 0 Å². The molecule has 0 aliphatic rings. The predicted molar refractivity (Wildman–Crippen MR) is 60.2 cm³/mol. The molecule has 5 heteroatoms. The van der Waals surface area contributed by atoms with Gasteiger partial charge in [0.05, 0.1) is 23.5 Å². The minimum Gasteiger partial charge on any atom is -0.308 e. The van der Waals surface area contributed by atoms with Crippen LogP contribution in [-0.4, -0.2) is 41.6 Å². The maximum absolute atomic E-state index is 10.3. The van der Waals surface area contributed by atoms with Crippen molar-refractivity contribution >= 4 is 17.9 Å². The van der Waals surface area contributed by atoms with Gasteiger partial charge in [-0.15, -0.1) is 0 Å². The summed E-state index contributed by atoms with van der Waals surface area (Å²) in [6.07, 6.45) is 3.69. The quantitative estimate of drug-likeness (QED) is 0.689. The summed E-state index contributed by atoms with van der Waals surface area (Å²) in [6.45, 7) is 1.71. The van der Waals surface area contributed by atoms with E-state index in [1.807, 2.05) is 18.8 Å². The summed E-state index contributed by atoms with van der Waals surface area (Å²) in [4.78, 5) is 12.4. The summed E-state index contributed by atoms with van der Waals surface area (Å²) in [5, 5.41) is 4.83. The largest absolute Gasteiger partial charge is 0.308 e. The van der Waals surface area contributed by atoms with E-state index in [2.05, 4.69) is 10.00 Å². The molecule has 0 aromatic carbocycles. The van der Waals surface area contributed by atoms with Gasteiger partial charge in [-0.1, -0.05) is 11.6 Å². The van der Waals surface area contributed by atoms with Gasteiger partial charge < -0.3 is 9.69 Å². The summed E-state index contributed by atoms with van der Waals surface area (Å²) in [7, 11) is 4.02. The monoisotopic (exact) mass is 229 g/mol. The van der Waals surface area contributed by atoms with Crippen molar-refractivity contribution in [1.29, 1.82) is 0 Å². The van der Waals surface area contributed by atoms with Crippen molar-refractivity contribution in [2.24, 2.45) is 0 Å². The molecule has 0 amide bonds. The first kappa shape index (κ1) is 12.2. The smallest absolute Gasteiger partial charge is 0.120 e. The maximum Gasteiger partial charge on any atom is 0.120 e. The molecule has 15 heavy (non-hydrogen) atoms. The molecule has 0 spiro atoms. The van der Waals surface area contributed by atoms with E-state index >= 15 is 0 Å². The van der Waals surface area contributed by atoms with Gasteiger partial charge in [0.15, 0.2) is 0 Å². The number of hydrogen-bond acceptors (Lipinski definition) is 3. The van der Waals surface area contributed by atoms with E-state index in [-0.39, 0.29) is 0 Å². The highest BCUT2D eigenvalue weighted by Gasteiger charge is 2.08. The van der Waals surface area contributed by atoms with Gasteiger partial charge in [-0.2, -0.15) is 5.10 Å². The maximum atomic E-state index is 10.3. The van der Waals surface area contributed by atoms with Crippen molar-refractivity contribution < 1.29 is 4.79 Å². The van der Waals surface area contributed by atoms with Gasteiger partial charge in [-0.25, -0.2) is 0 Å². The van der Waals surface area contributed by atoms with Crippen molar-refractivity contribution in [3.8, 4) is 0 Å². The molecule has 0 aliphatic heterocycles. The zero-order valence-electron chi connectivity index (χ0n) is 9.11. The molecular formula is C10H16ClN3O. The van der Waals surface area contributed by atoms with Crippen LogP contribution in [0.15, 0.2) is 6.20 Å². The standard InChI is InChI=1S/C10H16ClN3O/c1-13(2)5-6-14-10(4-3-7-15)9(11)8-12-14/h7-8H,3-6H2,1-2H3. The fourth-order valence-electron chi connectivity index (χ4n) is 1.32. The highest BCUT2D eigenvalue weighted by Crippen LogP contribution is 2.16. The third-order valence-corrected chi connectivity index (χ3v) is 2.47. The molecular weight excluding hydrogens is 214 g/mol. The molecule has 0 radical (unpaired) electrons. The number of hydrogen-bond donors (Lipinski definition) is 0. The fourth-order valence-corrected chi connectivity index (χ4v) is 1.56. The van der Waals surface area contributed by atoms with E-state index in [0.717, 1.165) is 25.1 Å². The molecule has 1 aromatic rings. The van der Waals surface area contributed by atoms with Crippen LogP contribution in [0.3, 0.4) is 0 Å². The Labute approximate surface area is 94.8 Å². The molecule has 0 bridgehead atoms. The Morgan fingerprint density at radius 1 is 1.60 bits per heavy atom. The molecule has 1 rings (SSSR count). The summed E-state index contributed by atoms with van der Waals surface area (Å²) >= 11 is 5.98. The number of halogens is 1. The summed E-state index contributed by atoms with van der Waals surface area (Å²) in [5.74, 6) is 0. The van der Waals surface area contributed by atoms with Gasteiger partial charge in [-0.05, 0) is 20.5 Å². The minimum absolute atomic E-state index is 0.493. The van der Waals surface area contributed by atoms with E-state index in [0.29, 0.717) is 17.9 Å². The van der Waals surface area contributed by atoms with Crippen LogP contribution in [0.1, 0.15) is 12.1 Å². The molecule has 1 heterocycles. The second-order valence-electron chi connectivity index (χ2n) is 3.67. The topological polar surface area (TPSA) is 38.1 Å². The summed E-state index contributed by atoms with van der Waals surface area (Å²) in [5.41, 5.74) is 0.950. The van der Waals surface area contributed by atoms with Crippen molar-refractivity contribution in [2.75, 3.05) is 20.6 Å². The van der Waals surface area contributed by atoms with Gasteiger partial charge in [0, 0.05) is 13.0 Å². The van der Waals surface area contributed by atoms with Crippen LogP contribution < -0.4 is 0 Å². The number of carbonyl (C=O) groups excluding carboxylic acids is 1. The number of rotatable bonds is 6. The lowest BCUT2D eigenvalue weighted by atomic mass is 10.2. The van der Waals surface area contributed by atoms with Crippen LogP contribution in [0.25, 0.3) is 0 Å². The normalized spacial score (nSPS) is 10.9. The third-order valence-electron chi connectivity index (χ3n) is 2.16. The van der Waals surface area contributed by atoms with E-state index in [1.165, 1.54) is 0 Å². The molecule has 4 nitrogen and oxygen atoms in total. The van der Waals surface area contributed by atoms with Crippen molar-refractivity contribution in [3.05, 3.63) is 16.9 Å². The van der Waals surface area contributed by atoms with E-state index in [9.17, 15) is 4.79 Å². The predicted octanol–water partition coefficient (Wildman–Crippen LogP) is 1.23. The van der Waals surface area contributed by atoms with Gasteiger partial charge >= 0.3 is 0 Å². The number of nitrogens with zero attached hydrogens (tertiary/aromatic N) is 3. The van der Waals surface area contributed by atoms with E-state index in [1.54, 1.807) is 6.20 Å². The van der Waals surface area contributed by atoms with Crippen LogP contribution in [0.5, 0.6) is 0 Å². The van der Waals surface area contributed by atoms with Crippen molar-refractivity contribution in [1.82, 2.24) is 14.7 Å². The van der Waals surface area contributed by atoms with Crippen LogP contribution in [0.2, 0.25) is 5.02 Å². The van der Waals surface area contributed by atoms with Gasteiger partial charge in [0.1, 0.15) is 6.29 Å². The first-order chi connectivity index (χ1) is 7.15. The van der Waals surface area contributed by atoms with Gasteiger partial charge in [0.2, 0.25) is 0 Å². The zero-order chi connectivity index (χ0) is 11.3. The Balaban J connectivity index is 2.65. The Hall–Kier alpha value is -0.870.